The molecule has 0 spiro atoms. The van der Waals surface area contributed by atoms with E-state index in [9.17, 15) is 0 Å². The molecule has 1 aromatic carbocycles. The van der Waals surface area contributed by atoms with Gasteiger partial charge in [0.1, 0.15) is 5.75 Å². The van der Waals surface area contributed by atoms with Crippen LogP contribution < -0.4 is 14.4 Å². The van der Waals surface area contributed by atoms with Gasteiger partial charge < -0.3 is 14.4 Å². The number of nitrogens with zero attached hydrogens (tertiary/aromatic N) is 4. The van der Waals surface area contributed by atoms with Crippen LogP contribution in [0, 0.1) is 12.8 Å². The summed E-state index contributed by atoms with van der Waals surface area (Å²) in [5.74, 6) is 2.60. The number of piperidine rings is 1. The first-order valence-corrected chi connectivity index (χ1v) is 10.7. The van der Waals surface area contributed by atoms with E-state index in [1.54, 1.807) is 11.3 Å². The number of fused-ring (bicyclic) bond motifs is 1. The Hall–Kier alpha value is -2.41. The lowest BCUT2D eigenvalue weighted by atomic mass is 9.94. The Morgan fingerprint density at radius 2 is 1.96 bits per heavy atom. The molecule has 1 saturated heterocycles. The molecule has 0 amide bonds. The highest BCUT2D eigenvalue weighted by Crippen LogP contribution is 2.31. The summed E-state index contributed by atoms with van der Waals surface area (Å²) in [7, 11) is 0. The van der Waals surface area contributed by atoms with Gasteiger partial charge in [-0.15, -0.1) is 5.10 Å². The summed E-state index contributed by atoms with van der Waals surface area (Å²) in [6, 6.07) is 10.2. The van der Waals surface area contributed by atoms with Gasteiger partial charge in [0.2, 0.25) is 0 Å². The SMILES string of the molecule is CCOc1nc2ccc(OCCC3CCN(c4ccc(C)nn4)CC3)cc2s1. The quantitative estimate of drug-likeness (QED) is 0.585. The molecule has 28 heavy (non-hydrogen) atoms. The second-order valence-corrected chi connectivity index (χ2v) is 8.14. The Morgan fingerprint density at radius 1 is 1.11 bits per heavy atom. The molecule has 0 bridgehead atoms. The summed E-state index contributed by atoms with van der Waals surface area (Å²) in [6.45, 7) is 7.40. The molecular formula is C21H26N4O2S. The van der Waals surface area contributed by atoms with Crippen LogP contribution in [0.5, 0.6) is 10.9 Å². The molecule has 0 N–H and O–H groups in total. The number of benzene rings is 1. The predicted molar refractivity (Wildman–Crippen MR) is 113 cm³/mol. The average molecular weight is 399 g/mol. The van der Waals surface area contributed by atoms with Crippen LogP contribution in [0.25, 0.3) is 10.2 Å². The summed E-state index contributed by atoms with van der Waals surface area (Å²) < 4.78 is 12.6. The number of hydrogen-bond acceptors (Lipinski definition) is 7. The molecule has 0 radical (unpaired) electrons. The third-order valence-electron chi connectivity index (χ3n) is 5.13. The van der Waals surface area contributed by atoms with E-state index in [4.69, 9.17) is 9.47 Å². The van der Waals surface area contributed by atoms with Crippen molar-refractivity contribution >= 4 is 27.4 Å². The maximum absolute atomic E-state index is 6.01. The van der Waals surface area contributed by atoms with E-state index in [2.05, 4.69) is 32.2 Å². The molecule has 0 atom stereocenters. The Balaban J connectivity index is 1.24. The van der Waals surface area contributed by atoms with Crippen LogP contribution in [-0.4, -0.2) is 41.5 Å². The minimum atomic E-state index is 0.637. The van der Waals surface area contributed by atoms with E-state index >= 15 is 0 Å². The van der Waals surface area contributed by atoms with E-state index in [1.165, 1.54) is 12.8 Å². The van der Waals surface area contributed by atoms with Crippen molar-refractivity contribution in [3.8, 4) is 10.9 Å². The first kappa shape index (κ1) is 18.9. The number of hydrogen-bond donors (Lipinski definition) is 0. The largest absolute Gasteiger partial charge is 0.494 e. The Labute approximate surface area is 169 Å². The molecule has 2 aromatic heterocycles. The van der Waals surface area contributed by atoms with Gasteiger partial charge in [0.15, 0.2) is 5.82 Å². The zero-order valence-electron chi connectivity index (χ0n) is 16.4. The van der Waals surface area contributed by atoms with Crippen molar-refractivity contribution in [1.82, 2.24) is 15.2 Å². The molecule has 4 rings (SSSR count). The van der Waals surface area contributed by atoms with E-state index in [0.29, 0.717) is 12.5 Å². The van der Waals surface area contributed by atoms with Crippen molar-refractivity contribution in [1.29, 1.82) is 0 Å². The van der Waals surface area contributed by atoms with Gasteiger partial charge >= 0.3 is 0 Å². The number of aromatic nitrogens is 3. The molecule has 3 heterocycles. The van der Waals surface area contributed by atoms with Crippen LogP contribution in [0.3, 0.4) is 0 Å². The van der Waals surface area contributed by atoms with Crippen LogP contribution >= 0.6 is 11.3 Å². The molecule has 148 valence electrons. The van der Waals surface area contributed by atoms with Crippen LogP contribution in [0.2, 0.25) is 0 Å². The van der Waals surface area contributed by atoms with Crippen LogP contribution in [0.4, 0.5) is 5.82 Å². The molecule has 3 aromatic rings. The summed E-state index contributed by atoms with van der Waals surface area (Å²) in [4.78, 5) is 6.79. The Bertz CT molecular complexity index is 904. The highest BCUT2D eigenvalue weighted by atomic mass is 32.1. The zero-order chi connectivity index (χ0) is 19.3. The lowest BCUT2D eigenvalue weighted by molar-refractivity contribution is 0.258. The van der Waals surface area contributed by atoms with Gasteiger partial charge in [-0.05, 0) is 69.4 Å². The lowest BCUT2D eigenvalue weighted by Crippen LogP contribution is -2.34. The number of thiazole rings is 1. The van der Waals surface area contributed by atoms with Gasteiger partial charge in [-0.25, -0.2) is 4.98 Å². The highest BCUT2D eigenvalue weighted by Gasteiger charge is 2.20. The molecule has 1 aliphatic heterocycles. The van der Waals surface area contributed by atoms with Gasteiger partial charge in [-0.2, -0.15) is 5.10 Å². The molecular weight excluding hydrogens is 372 g/mol. The number of anilines is 1. The van der Waals surface area contributed by atoms with Gasteiger partial charge in [0, 0.05) is 13.1 Å². The molecule has 1 fully saturated rings. The normalized spacial score (nSPS) is 15.1. The van der Waals surface area contributed by atoms with Crippen molar-refractivity contribution in [3.05, 3.63) is 36.0 Å². The van der Waals surface area contributed by atoms with Crippen molar-refractivity contribution in [2.75, 3.05) is 31.2 Å². The van der Waals surface area contributed by atoms with Gasteiger partial charge in [-0.1, -0.05) is 11.3 Å². The van der Waals surface area contributed by atoms with Crippen molar-refractivity contribution in [2.45, 2.75) is 33.1 Å². The topological polar surface area (TPSA) is 60.4 Å². The predicted octanol–water partition coefficient (Wildman–Crippen LogP) is 4.48. The fraction of sp³-hybridized carbons (Fsp3) is 0.476. The Kier molecular flexibility index (Phi) is 5.90. The number of ether oxygens (including phenoxy) is 2. The van der Waals surface area contributed by atoms with Crippen molar-refractivity contribution in [2.24, 2.45) is 5.92 Å². The van der Waals surface area contributed by atoms with Gasteiger partial charge in [0.05, 0.1) is 29.1 Å². The van der Waals surface area contributed by atoms with E-state index in [-0.39, 0.29) is 0 Å². The maximum Gasteiger partial charge on any atom is 0.274 e. The summed E-state index contributed by atoms with van der Waals surface area (Å²) in [5, 5.41) is 9.19. The standard InChI is InChI=1S/C21H26N4O2S/c1-3-26-21-22-18-6-5-17(14-19(18)28-21)27-13-10-16-8-11-25(12-9-16)20-7-4-15(2)23-24-20/h4-7,14,16H,3,8-13H2,1-2H3. The molecule has 0 aliphatic carbocycles. The molecule has 6 nitrogen and oxygen atoms in total. The second-order valence-electron chi connectivity index (χ2n) is 7.14. The highest BCUT2D eigenvalue weighted by molar-refractivity contribution is 7.20. The molecule has 1 aliphatic rings. The molecule has 0 unspecified atom stereocenters. The van der Waals surface area contributed by atoms with Crippen molar-refractivity contribution in [3.63, 3.8) is 0 Å². The summed E-state index contributed by atoms with van der Waals surface area (Å²) in [6.07, 6.45) is 3.42. The average Bonchev–Trinajstić information content (AvgIpc) is 3.11. The van der Waals surface area contributed by atoms with Crippen LogP contribution in [0.15, 0.2) is 30.3 Å². The van der Waals surface area contributed by atoms with Crippen LogP contribution in [-0.2, 0) is 0 Å². The number of rotatable bonds is 7. The zero-order valence-corrected chi connectivity index (χ0v) is 17.2. The number of aryl methyl sites for hydroxylation is 1. The van der Waals surface area contributed by atoms with E-state index in [1.807, 2.05) is 32.0 Å². The molecule has 0 saturated carbocycles. The van der Waals surface area contributed by atoms with Gasteiger partial charge in [0.25, 0.3) is 5.19 Å². The Morgan fingerprint density at radius 3 is 2.71 bits per heavy atom. The van der Waals surface area contributed by atoms with Crippen LogP contribution in [0.1, 0.15) is 31.9 Å². The summed E-state index contributed by atoms with van der Waals surface area (Å²) in [5.41, 5.74) is 1.92. The minimum Gasteiger partial charge on any atom is -0.494 e. The third kappa shape index (κ3) is 4.52. The summed E-state index contributed by atoms with van der Waals surface area (Å²) >= 11 is 1.57. The van der Waals surface area contributed by atoms with E-state index in [0.717, 1.165) is 58.8 Å². The fourth-order valence-electron chi connectivity index (χ4n) is 3.51. The van der Waals surface area contributed by atoms with Gasteiger partial charge in [-0.3, -0.25) is 0 Å². The molecule has 7 heteroatoms. The fourth-order valence-corrected chi connectivity index (χ4v) is 4.42. The maximum atomic E-state index is 6.01. The smallest absolute Gasteiger partial charge is 0.274 e. The minimum absolute atomic E-state index is 0.637. The monoisotopic (exact) mass is 398 g/mol. The third-order valence-corrected chi connectivity index (χ3v) is 6.06. The first-order chi connectivity index (χ1) is 13.7. The second kappa shape index (κ2) is 8.73. The van der Waals surface area contributed by atoms with E-state index < -0.39 is 0 Å². The van der Waals surface area contributed by atoms with Crippen molar-refractivity contribution < 1.29 is 9.47 Å². The first-order valence-electron chi connectivity index (χ1n) is 9.92. The lowest BCUT2D eigenvalue weighted by Gasteiger charge is -2.32.